The second-order valence-corrected chi connectivity index (χ2v) is 27.3. The minimum Gasteiger partial charge on any atom is -0.468 e. The van der Waals surface area contributed by atoms with E-state index in [4.69, 9.17) is 4.42 Å². The van der Waals surface area contributed by atoms with Crippen LogP contribution in [0.3, 0.4) is 0 Å². The quantitative estimate of drug-likeness (QED) is 0.238. The van der Waals surface area contributed by atoms with E-state index in [0.717, 1.165) is 36.9 Å². The lowest BCUT2D eigenvalue weighted by Crippen LogP contribution is -2.62. The standard InChI is InChI=1S/C66H83BN2O/c1-41-34-56-59-57(35-41)69(54-29-26-46(63(6,7)8)36-44(54)23-19-18-22-43-20-16-15-17-21-43)55-38-48-42(2)30-31-64(9,10)50(48)39-53(55)67(59)61-60(68(56)47-27-24-45(25-28-47)62(3,4)5)49-37-51-52(40-58(49)70-61)66(13,14)33-32-65(51,11)12/h16,18-20,22,24,27-29,35-40,42,45-46,56H,15,17,21,23,25-26,30-34H2,1-14H3/b19-18-,43-22-. The highest BCUT2D eigenvalue weighted by Gasteiger charge is 2.53. The van der Waals surface area contributed by atoms with Gasteiger partial charge in [0.2, 0.25) is 0 Å². The predicted octanol–water partition coefficient (Wildman–Crippen LogP) is 16.7. The Bertz CT molecular complexity index is 2960. The molecular weight excluding hydrogens is 848 g/mol. The van der Waals surface area contributed by atoms with Crippen molar-refractivity contribution >= 4 is 40.2 Å². The summed E-state index contributed by atoms with van der Waals surface area (Å²) >= 11 is 0. The van der Waals surface area contributed by atoms with Crippen LogP contribution in [-0.4, -0.2) is 12.8 Å². The van der Waals surface area contributed by atoms with Crippen LogP contribution in [0.4, 0.5) is 11.4 Å². The zero-order valence-electron chi connectivity index (χ0n) is 45.6. The van der Waals surface area contributed by atoms with Gasteiger partial charge in [0.15, 0.2) is 0 Å². The zero-order valence-corrected chi connectivity index (χ0v) is 45.6. The van der Waals surface area contributed by atoms with Crippen molar-refractivity contribution < 1.29 is 4.42 Å². The van der Waals surface area contributed by atoms with Crippen LogP contribution in [0.15, 0.2) is 135 Å². The normalized spacial score (nSPS) is 27.2. The lowest BCUT2D eigenvalue weighted by Gasteiger charge is -2.51. The summed E-state index contributed by atoms with van der Waals surface area (Å²) in [4.78, 5) is 5.57. The van der Waals surface area contributed by atoms with E-state index >= 15 is 0 Å². The Morgan fingerprint density at radius 1 is 0.829 bits per heavy atom. The molecule has 11 rings (SSSR count). The van der Waals surface area contributed by atoms with Crippen LogP contribution in [-0.2, 0) is 16.2 Å². The number of furan rings is 1. The smallest absolute Gasteiger partial charge is 0.292 e. The summed E-state index contributed by atoms with van der Waals surface area (Å²) in [6, 6.07) is 10.6. The van der Waals surface area contributed by atoms with Gasteiger partial charge in [0.1, 0.15) is 5.58 Å². The first-order valence-corrected chi connectivity index (χ1v) is 27.6. The van der Waals surface area contributed by atoms with Crippen LogP contribution in [0.2, 0.25) is 0 Å². The first kappa shape index (κ1) is 47.6. The van der Waals surface area contributed by atoms with E-state index in [1.54, 1.807) is 0 Å². The number of nitrogens with zero attached hydrogens (tertiary/aromatic N) is 2. The molecule has 4 atom stereocenters. The van der Waals surface area contributed by atoms with Crippen molar-refractivity contribution in [2.24, 2.45) is 22.7 Å². The van der Waals surface area contributed by atoms with Crippen molar-refractivity contribution in [3.8, 4) is 0 Å². The van der Waals surface area contributed by atoms with Crippen LogP contribution >= 0.6 is 0 Å². The van der Waals surface area contributed by atoms with Gasteiger partial charge in [0.25, 0.3) is 6.71 Å². The summed E-state index contributed by atoms with van der Waals surface area (Å²) in [6.45, 7) is 34.2. The van der Waals surface area contributed by atoms with Crippen LogP contribution < -0.4 is 20.9 Å². The number of benzene rings is 2. The van der Waals surface area contributed by atoms with Crippen molar-refractivity contribution in [2.45, 2.75) is 196 Å². The molecule has 8 aliphatic rings. The molecule has 0 N–H and O–H groups in total. The number of rotatable bonds is 5. The topological polar surface area (TPSA) is 19.6 Å². The Kier molecular flexibility index (Phi) is 11.3. The lowest BCUT2D eigenvalue weighted by atomic mass is 9.33. The number of anilines is 2. The molecule has 6 aliphatic carbocycles. The van der Waals surface area contributed by atoms with Gasteiger partial charge >= 0.3 is 0 Å². The van der Waals surface area contributed by atoms with Gasteiger partial charge < -0.3 is 14.2 Å². The first-order valence-electron chi connectivity index (χ1n) is 27.6. The van der Waals surface area contributed by atoms with Gasteiger partial charge in [-0.2, -0.15) is 0 Å². The second-order valence-electron chi connectivity index (χ2n) is 27.3. The summed E-state index contributed by atoms with van der Waals surface area (Å²) in [5.74, 6) is 1.45. The highest BCUT2D eigenvalue weighted by atomic mass is 16.3. The van der Waals surface area contributed by atoms with Gasteiger partial charge in [-0.3, -0.25) is 0 Å². The van der Waals surface area contributed by atoms with Gasteiger partial charge in [-0.25, -0.2) is 0 Å². The highest BCUT2D eigenvalue weighted by molar-refractivity contribution is 6.93. The van der Waals surface area contributed by atoms with Gasteiger partial charge in [0.05, 0.1) is 17.4 Å². The molecule has 2 aromatic carbocycles. The third kappa shape index (κ3) is 7.91. The van der Waals surface area contributed by atoms with E-state index in [0.29, 0.717) is 17.8 Å². The summed E-state index contributed by atoms with van der Waals surface area (Å²) in [5, 5.41) is 1.29. The van der Waals surface area contributed by atoms with Crippen molar-refractivity contribution in [3.05, 3.63) is 153 Å². The Morgan fingerprint density at radius 2 is 1.54 bits per heavy atom. The van der Waals surface area contributed by atoms with Crippen molar-refractivity contribution in [3.63, 3.8) is 0 Å². The Balaban J connectivity index is 1.18. The molecular formula is C66H83BN2O. The average Bonchev–Trinajstić information content (AvgIpc) is 3.68. The van der Waals surface area contributed by atoms with Crippen molar-refractivity contribution in [1.29, 1.82) is 0 Å². The summed E-state index contributed by atoms with van der Waals surface area (Å²) in [7, 11) is 0. The average molecular weight is 931 g/mol. The summed E-state index contributed by atoms with van der Waals surface area (Å²) in [6.07, 6.45) is 39.6. The molecule has 70 heavy (non-hydrogen) atoms. The second kappa shape index (κ2) is 16.7. The van der Waals surface area contributed by atoms with Crippen LogP contribution in [0.25, 0.3) is 11.0 Å². The molecule has 4 heteroatoms. The Hall–Kier alpha value is -4.70. The number of hydrogen-bond donors (Lipinski definition) is 0. The summed E-state index contributed by atoms with van der Waals surface area (Å²) in [5.41, 5.74) is 22.8. The molecule has 0 saturated carbocycles. The predicted molar refractivity (Wildman–Crippen MR) is 301 cm³/mol. The molecule has 0 amide bonds. The molecule has 0 radical (unpaired) electrons. The first-order chi connectivity index (χ1) is 33.0. The molecule has 0 bridgehead atoms. The van der Waals surface area contributed by atoms with E-state index < -0.39 is 0 Å². The number of hydrogen-bond acceptors (Lipinski definition) is 3. The third-order valence-corrected chi connectivity index (χ3v) is 18.9. The molecule has 2 aliphatic heterocycles. The highest BCUT2D eigenvalue weighted by Crippen LogP contribution is 2.54. The Morgan fingerprint density at radius 3 is 2.23 bits per heavy atom. The largest absolute Gasteiger partial charge is 0.468 e. The SMILES string of the molecule is CC1=CC2=C3B(c4cc5c(cc4N2C2=CCC(C(C)(C)C)C=C2C/C=C\C=C2\C=CCCC2)C(C)CCC5(C)C)c2oc4cc5c(cc4c2N(C2=CCC(C(C)(C)C)C=C2)C3C1)C(C)(C)CCC5(C)C. The minimum atomic E-state index is -0.00450. The van der Waals surface area contributed by atoms with Gasteiger partial charge in [-0.15, -0.1) is 0 Å². The fourth-order valence-corrected chi connectivity index (χ4v) is 14.0. The molecule has 0 spiro atoms. The van der Waals surface area contributed by atoms with E-state index in [2.05, 4.69) is 198 Å². The van der Waals surface area contributed by atoms with E-state index in [9.17, 15) is 0 Å². The van der Waals surface area contributed by atoms with Gasteiger partial charge in [-0.1, -0.05) is 156 Å². The summed E-state index contributed by atoms with van der Waals surface area (Å²) < 4.78 is 7.71. The maximum Gasteiger partial charge on any atom is 0.292 e. The molecule has 366 valence electrons. The Labute approximate surface area is 423 Å². The molecule has 3 aromatic rings. The van der Waals surface area contributed by atoms with Gasteiger partial charge in [0, 0.05) is 28.2 Å². The van der Waals surface area contributed by atoms with Crippen LogP contribution in [0.1, 0.15) is 196 Å². The molecule has 3 nitrogen and oxygen atoms in total. The molecule has 4 unspecified atom stereocenters. The van der Waals surface area contributed by atoms with E-state index in [-0.39, 0.29) is 39.8 Å². The fraction of sp³-hybridized carbons (Fsp3) is 0.515. The molecule has 1 aromatic heterocycles. The van der Waals surface area contributed by atoms with Crippen molar-refractivity contribution in [2.75, 3.05) is 9.80 Å². The number of fused-ring (bicyclic) bond motifs is 8. The van der Waals surface area contributed by atoms with E-state index in [1.165, 1.54) is 129 Å². The molecule has 0 fully saturated rings. The lowest BCUT2D eigenvalue weighted by molar-refractivity contribution is 0.291. The van der Waals surface area contributed by atoms with E-state index in [1.807, 2.05) is 0 Å². The zero-order chi connectivity index (χ0) is 49.4. The van der Waals surface area contributed by atoms with Crippen LogP contribution in [0, 0.1) is 22.7 Å². The molecule has 0 saturated heterocycles. The maximum absolute atomic E-state index is 7.71. The minimum absolute atomic E-state index is 0.00450. The maximum atomic E-state index is 7.71. The van der Waals surface area contributed by atoms with Crippen molar-refractivity contribution in [1.82, 2.24) is 0 Å². The van der Waals surface area contributed by atoms with Gasteiger partial charge in [-0.05, 0) is 197 Å². The van der Waals surface area contributed by atoms with Crippen LogP contribution in [0.5, 0.6) is 0 Å². The third-order valence-electron chi connectivity index (χ3n) is 18.9. The fourth-order valence-electron chi connectivity index (χ4n) is 14.0. The molecule has 3 heterocycles. The monoisotopic (exact) mass is 931 g/mol. The number of allylic oxidation sites excluding steroid dienone is 13.